The highest BCUT2D eigenvalue weighted by molar-refractivity contribution is 6.30. The van der Waals surface area contributed by atoms with Crippen LogP contribution in [0.2, 0.25) is 5.02 Å². The highest BCUT2D eigenvalue weighted by atomic mass is 35.5. The number of anilines is 2. The van der Waals surface area contributed by atoms with Crippen molar-refractivity contribution in [3.63, 3.8) is 0 Å². The Balaban J connectivity index is 1.58. The van der Waals surface area contributed by atoms with Crippen molar-refractivity contribution in [1.82, 2.24) is 15.0 Å². The molecular weight excluding hydrogens is 428 g/mol. The molecule has 0 bridgehead atoms. The van der Waals surface area contributed by atoms with E-state index in [-0.39, 0.29) is 0 Å². The molecule has 0 saturated heterocycles. The van der Waals surface area contributed by atoms with Gasteiger partial charge < -0.3 is 4.90 Å². The molecule has 33 heavy (non-hydrogen) atoms. The second-order valence-electron chi connectivity index (χ2n) is 8.33. The fourth-order valence-corrected chi connectivity index (χ4v) is 4.79. The van der Waals surface area contributed by atoms with Gasteiger partial charge in [0.25, 0.3) is 0 Å². The highest BCUT2D eigenvalue weighted by Crippen LogP contribution is 2.39. The van der Waals surface area contributed by atoms with E-state index in [1.165, 1.54) is 16.7 Å². The van der Waals surface area contributed by atoms with Crippen LogP contribution in [0, 0.1) is 6.92 Å². The van der Waals surface area contributed by atoms with Gasteiger partial charge >= 0.3 is 0 Å². The van der Waals surface area contributed by atoms with Crippen LogP contribution in [0.15, 0.2) is 85.2 Å². The van der Waals surface area contributed by atoms with E-state index < -0.39 is 0 Å². The summed E-state index contributed by atoms with van der Waals surface area (Å²) in [5.74, 6) is 1.59. The van der Waals surface area contributed by atoms with E-state index in [1.807, 2.05) is 24.4 Å². The lowest BCUT2D eigenvalue weighted by atomic mass is 9.99. The van der Waals surface area contributed by atoms with Crippen molar-refractivity contribution in [3.05, 3.63) is 101 Å². The van der Waals surface area contributed by atoms with Crippen LogP contribution in [0.4, 0.5) is 11.5 Å². The smallest absolute Gasteiger partial charge is 0.163 e. The van der Waals surface area contributed by atoms with Crippen LogP contribution in [0.5, 0.6) is 0 Å². The van der Waals surface area contributed by atoms with Gasteiger partial charge in [0.2, 0.25) is 0 Å². The third kappa shape index (κ3) is 3.53. The molecule has 6 rings (SSSR count). The first-order valence-corrected chi connectivity index (χ1v) is 11.4. The molecule has 3 heterocycles. The Kier molecular flexibility index (Phi) is 4.81. The topological polar surface area (TPSA) is 41.9 Å². The quantitative estimate of drug-likeness (QED) is 0.297. The number of hydrogen-bond donors (Lipinski definition) is 0. The fourth-order valence-electron chi connectivity index (χ4n) is 4.60. The molecule has 3 aromatic carbocycles. The lowest BCUT2D eigenvalue weighted by Crippen LogP contribution is -2.16. The van der Waals surface area contributed by atoms with E-state index in [9.17, 15) is 0 Å². The minimum atomic E-state index is 0.676. The van der Waals surface area contributed by atoms with E-state index in [1.54, 1.807) is 6.20 Å². The molecule has 0 amide bonds. The third-order valence-corrected chi connectivity index (χ3v) is 6.48. The summed E-state index contributed by atoms with van der Waals surface area (Å²) >= 11 is 6.25. The van der Waals surface area contributed by atoms with Gasteiger partial charge in [-0.05, 0) is 78.1 Å². The number of nitrogens with zero attached hydrogens (tertiary/aromatic N) is 4. The van der Waals surface area contributed by atoms with E-state index in [0.29, 0.717) is 5.82 Å². The second-order valence-corrected chi connectivity index (χ2v) is 8.77. The fraction of sp³-hybridized carbons (Fsp3) is 0.107. The van der Waals surface area contributed by atoms with Crippen LogP contribution in [0.25, 0.3) is 33.4 Å². The maximum atomic E-state index is 6.25. The van der Waals surface area contributed by atoms with Crippen molar-refractivity contribution in [2.45, 2.75) is 13.3 Å². The minimum Gasteiger partial charge on any atom is -0.325 e. The number of pyridine rings is 1. The van der Waals surface area contributed by atoms with Crippen LogP contribution in [0.1, 0.15) is 11.1 Å². The first-order valence-electron chi connectivity index (χ1n) is 11.0. The average Bonchev–Trinajstić information content (AvgIpc) is 3.26. The molecule has 0 unspecified atom stereocenters. The summed E-state index contributed by atoms with van der Waals surface area (Å²) in [5, 5.41) is 1.80. The molecule has 1 aliphatic heterocycles. The molecule has 1 aliphatic rings. The van der Waals surface area contributed by atoms with Gasteiger partial charge in [-0.15, -0.1) is 0 Å². The first-order chi connectivity index (χ1) is 16.2. The summed E-state index contributed by atoms with van der Waals surface area (Å²) in [6.45, 7) is 2.99. The zero-order valence-electron chi connectivity index (χ0n) is 18.2. The van der Waals surface area contributed by atoms with Gasteiger partial charge in [0, 0.05) is 40.6 Å². The molecule has 0 spiro atoms. The van der Waals surface area contributed by atoms with Gasteiger partial charge in [-0.3, -0.25) is 4.98 Å². The van der Waals surface area contributed by atoms with Gasteiger partial charge in [0.1, 0.15) is 5.82 Å². The largest absolute Gasteiger partial charge is 0.325 e. The number of rotatable bonds is 3. The van der Waals surface area contributed by atoms with Crippen molar-refractivity contribution < 1.29 is 0 Å². The van der Waals surface area contributed by atoms with Crippen LogP contribution in [0.3, 0.4) is 0 Å². The number of hydrogen-bond acceptors (Lipinski definition) is 4. The van der Waals surface area contributed by atoms with Gasteiger partial charge in [-0.25, -0.2) is 9.97 Å². The lowest BCUT2D eigenvalue weighted by molar-refractivity contribution is 0.976. The molecule has 0 radical (unpaired) electrons. The Bertz CT molecular complexity index is 1500. The molecular formula is C28H21ClN4. The molecule has 0 atom stereocenters. The van der Waals surface area contributed by atoms with Crippen molar-refractivity contribution >= 4 is 34.0 Å². The zero-order valence-corrected chi connectivity index (χ0v) is 18.9. The molecule has 0 fully saturated rings. The van der Waals surface area contributed by atoms with Crippen LogP contribution in [-0.4, -0.2) is 21.5 Å². The Morgan fingerprint density at radius 2 is 1.79 bits per heavy atom. The standard InChI is InChI=1S/C28H21ClN4/c1-18-5-2-3-7-23(18)19-8-10-24-25(16-19)31-27(21-6-4-13-30-17-21)32-28(24)33-14-12-20-15-22(29)9-11-26(20)33/h2-11,13,15-17H,12,14H2,1H3. The molecule has 2 aromatic heterocycles. The summed E-state index contributed by atoms with van der Waals surface area (Å²) < 4.78 is 0. The van der Waals surface area contributed by atoms with E-state index in [4.69, 9.17) is 21.6 Å². The summed E-state index contributed by atoms with van der Waals surface area (Å²) in [6.07, 6.45) is 4.51. The normalized spacial score (nSPS) is 12.8. The predicted octanol–water partition coefficient (Wildman–Crippen LogP) is 7.01. The van der Waals surface area contributed by atoms with E-state index >= 15 is 0 Å². The van der Waals surface area contributed by atoms with Crippen molar-refractivity contribution in [3.8, 4) is 22.5 Å². The summed E-state index contributed by atoms with van der Waals surface area (Å²) in [6, 6.07) is 24.9. The minimum absolute atomic E-state index is 0.676. The number of benzene rings is 3. The first kappa shape index (κ1) is 19.9. The van der Waals surface area contributed by atoms with Crippen molar-refractivity contribution in [2.75, 3.05) is 11.4 Å². The van der Waals surface area contributed by atoms with Crippen molar-refractivity contribution in [2.24, 2.45) is 0 Å². The molecule has 0 aliphatic carbocycles. The number of fused-ring (bicyclic) bond motifs is 2. The summed E-state index contributed by atoms with van der Waals surface area (Å²) in [4.78, 5) is 16.6. The SMILES string of the molecule is Cc1ccccc1-c1ccc2c(N3CCc4cc(Cl)ccc43)nc(-c3cccnc3)nc2c1. The number of halogens is 1. The molecule has 0 saturated carbocycles. The third-order valence-electron chi connectivity index (χ3n) is 6.25. The molecule has 5 aromatic rings. The maximum Gasteiger partial charge on any atom is 0.163 e. The molecule has 160 valence electrons. The van der Waals surface area contributed by atoms with Gasteiger partial charge in [-0.1, -0.05) is 41.9 Å². The summed E-state index contributed by atoms with van der Waals surface area (Å²) in [5.41, 5.74) is 7.82. The Morgan fingerprint density at radius 3 is 2.64 bits per heavy atom. The monoisotopic (exact) mass is 448 g/mol. The summed E-state index contributed by atoms with van der Waals surface area (Å²) in [7, 11) is 0. The maximum absolute atomic E-state index is 6.25. The lowest BCUT2D eigenvalue weighted by Gasteiger charge is -2.21. The molecule has 4 nitrogen and oxygen atoms in total. The Hall–Kier alpha value is -3.76. The zero-order chi connectivity index (χ0) is 22.4. The highest BCUT2D eigenvalue weighted by Gasteiger charge is 2.24. The van der Waals surface area contributed by atoms with Crippen molar-refractivity contribution in [1.29, 1.82) is 0 Å². The van der Waals surface area contributed by atoms with E-state index in [2.05, 4.69) is 71.4 Å². The van der Waals surface area contributed by atoms with Crippen LogP contribution >= 0.6 is 11.6 Å². The van der Waals surface area contributed by atoms with Crippen LogP contribution in [-0.2, 0) is 6.42 Å². The van der Waals surface area contributed by atoms with Crippen LogP contribution < -0.4 is 4.90 Å². The van der Waals surface area contributed by atoms with Gasteiger partial charge in [-0.2, -0.15) is 0 Å². The van der Waals surface area contributed by atoms with Gasteiger partial charge in [0.05, 0.1) is 5.52 Å². The Labute approximate surface area is 197 Å². The van der Waals surface area contributed by atoms with E-state index in [0.717, 1.165) is 51.5 Å². The molecule has 5 heteroatoms. The predicted molar refractivity (Wildman–Crippen MR) is 135 cm³/mol. The second kappa shape index (κ2) is 7.98. The number of aromatic nitrogens is 3. The molecule has 0 N–H and O–H groups in total. The van der Waals surface area contributed by atoms with Gasteiger partial charge in [0.15, 0.2) is 5.82 Å². The Morgan fingerprint density at radius 1 is 0.879 bits per heavy atom. The average molecular weight is 449 g/mol. The number of aryl methyl sites for hydroxylation is 1.